The number of halogens is 2. The van der Waals surface area contributed by atoms with E-state index >= 15 is 0 Å². The van der Waals surface area contributed by atoms with Gasteiger partial charge in [-0.2, -0.15) is 0 Å². The van der Waals surface area contributed by atoms with E-state index in [1.54, 1.807) is 0 Å². The fourth-order valence-electron chi connectivity index (χ4n) is 0.777. The summed E-state index contributed by atoms with van der Waals surface area (Å²) in [5.41, 5.74) is 5.24. The number of hydrogen-bond donors (Lipinski definition) is 3. The van der Waals surface area contributed by atoms with Gasteiger partial charge in [0.05, 0.1) is 16.4 Å². The second kappa shape index (κ2) is 3.49. The Labute approximate surface area is 78.1 Å². The average Bonchev–Trinajstić information content (AvgIpc) is 1.99. The van der Waals surface area contributed by atoms with Crippen LogP contribution in [0.4, 0.5) is 20.6 Å². The van der Waals surface area contributed by atoms with E-state index in [4.69, 9.17) is 22.4 Å². The summed E-state index contributed by atoms with van der Waals surface area (Å²) in [6.45, 7) is 0. The number of hydrogen-bond acceptors (Lipinski definition) is 2. The lowest BCUT2D eigenvalue weighted by Gasteiger charge is -2.04. The molecule has 0 atom stereocenters. The van der Waals surface area contributed by atoms with Crippen molar-refractivity contribution in [3.05, 3.63) is 23.0 Å². The van der Waals surface area contributed by atoms with Gasteiger partial charge in [0.2, 0.25) is 0 Å². The summed E-state index contributed by atoms with van der Waals surface area (Å²) in [4.78, 5) is 10.2. The third-order valence-electron chi connectivity index (χ3n) is 1.33. The number of nitrogens with two attached hydrogens (primary N) is 1. The molecule has 1 rings (SSSR count). The third kappa shape index (κ3) is 2.22. The smallest absolute Gasteiger partial charge is 0.409 e. The number of nitrogen functional groups attached to an aromatic ring is 1. The van der Waals surface area contributed by atoms with Gasteiger partial charge in [-0.15, -0.1) is 0 Å². The van der Waals surface area contributed by atoms with E-state index < -0.39 is 11.9 Å². The molecule has 6 heteroatoms. The van der Waals surface area contributed by atoms with E-state index in [1.165, 1.54) is 0 Å². The van der Waals surface area contributed by atoms with Crippen LogP contribution in [-0.2, 0) is 0 Å². The van der Waals surface area contributed by atoms with Crippen molar-refractivity contribution in [2.24, 2.45) is 0 Å². The summed E-state index contributed by atoms with van der Waals surface area (Å²) < 4.78 is 12.9. The lowest BCUT2D eigenvalue weighted by atomic mass is 10.2. The highest BCUT2D eigenvalue weighted by Gasteiger charge is 2.08. The Morgan fingerprint density at radius 1 is 1.62 bits per heavy atom. The van der Waals surface area contributed by atoms with Gasteiger partial charge >= 0.3 is 6.09 Å². The van der Waals surface area contributed by atoms with Gasteiger partial charge in [-0.25, -0.2) is 9.18 Å². The van der Waals surface area contributed by atoms with Crippen LogP contribution in [0.15, 0.2) is 12.1 Å². The van der Waals surface area contributed by atoms with E-state index in [2.05, 4.69) is 0 Å². The summed E-state index contributed by atoms with van der Waals surface area (Å²) in [6.07, 6.45) is -1.36. The Balaban J connectivity index is 3.08. The van der Waals surface area contributed by atoms with Crippen molar-refractivity contribution in [2.45, 2.75) is 0 Å². The Morgan fingerprint density at radius 2 is 2.23 bits per heavy atom. The maximum absolute atomic E-state index is 12.9. The zero-order chi connectivity index (χ0) is 10.0. The molecule has 0 saturated heterocycles. The number of nitrogens with one attached hydrogen (secondary N) is 1. The maximum atomic E-state index is 12.9. The second-order valence-electron chi connectivity index (χ2n) is 2.28. The van der Waals surface area contributed by atoms with Crippen LogP contribution >= 0.6 is 11.6 Å². The SMILES string of the molecule is Nc1cc(NC(=O)O)c(F)cc1Cl. The minimum Gasteiger partial charge on any atom is -0.465 e. The van der Waals surface area contributed by atoms with Crippen molar-refractivity contribution in [2.75, 3.05) is 11.1 Å². The Bertz CT molecular complexity index is 357. The summed E-state index contributed by atoms with van der Waals surface area (Å²) in [6, 6.07) is 2.06. The number of carbonyl (C=O) groups is 1. The molecule has 1 aromatic rings. The van der Waals surface area contributed by atoms with Crippen molar-refractivity contribution in [1.82, 2.24) is 0 Å². The fraction of sp³-hybridized carbons (Fsp3) is 0. The zero-order valence-electron chi connectivity index (χ0n) is 6.34. The van der Waals surface area contributed by atoms with E-state index in [0.29, 0.717) is 0 Å². The standard InChI is InChI=1S/C7H6ClFN2O2/c8-3-1-4(9)6(2-5(3)10)11-7(12)13/h1-2,11H,10H2,(H,12,13). The average molecular weight is 205 g/mol. The molecule has 4 N–H and O–H groups in total. The van der Waals surface area contributed by atoms with Crippen molar-refractivity contribution >= 4 is 29.1 Å². The Morgan fingerprint density at radius 3 is 2.77 bits per heavy atom. The van der Waals surface area contributed by atoms with Crippen LogP contribution in [0.1, 0.15) is 0 Å². The molecular formula is C7H6ClFN2O2. The van der Waals surface area contributed by atoms with Gasteiger partial charge in [-0.1, -0.05) is 11.6 Å². The summed E-state index contributed by atoms with van der Waals surface area (Å²) >= 11 is 5.48. The Hall–Kier alpha value is -1.49. The number of rotatable bonds is 1. The first-order valence-corrected chi connectivity index (χ1v) is 3.63. The van der Waals surface area contributed by atoms with E-state index in [0.717, 1.165) is 12.1 Å². The molecule has 4 nitrogen and oxygen atoms in total. The van der Waals surface area contributed by atoms with Gasteiger partial charge in [0.25, 0.3) is 0 Å². The van der Waals surface area contributed by atoms with Gasteiger partial charge < -0.3 is 10.8 Å². The molecule has 0 fully saturated rings. The summed E-state index contributed by atoms with van der Waals surface area (Å²) in [7, 11) is 0. The molecule has 0 aliphatic carbocycles. The van der Waals surface area contributed by atoms with Crippen molar-refractivity contribution in [3.63, 3.8) is 0 Å². The fourth-order valence-corrected chi connectivity index (χ4v) is 0.927. The van der Waals surface area contributed by atoms with Crippen molar-refractivity contribution in [3.8, 4) is 0 Å². The molecule has 13 heavy (non-hydrogen) atoms. The number of amides is 1. The maximum Gasteiger partial charge on any atom is 0.409 e. The van der Waals surface area contributed by atoms with Crippen LogP contribution in [0.3, 0.4) is 0 Å². The molecule has 0 unspecified atom stereocenters. The predicted octanol–water partition coefficient (Wildman–Crippen LogP) is 2.15. The van der Waals surface area contributed by atoms with Crippen LogP contribution in [0.25, 0.3) is 0 Å². The minimum absolute atomic E-state index is 0.0495. The van der Waals surface area contributed by atoms with Gasteiger partial charge in [0.15, 0.2) is 0 Å². The first-order chi connectivity index (χ1) is 6.00. The molecule has 1 amide bonds. The van der Waals surface area contributed by atoms with Gasteiger partial charge in [-0.05, 0) is 12.1 Å². The van der Waals surface area contributed by atoms with Gasteiger partial charge in [-0.3, -0.25) is 5.32 Å². The number of benzene rings is 1. The lowest BCUT2D eigenvalue weighted by Crippen LogP contribution is -2.09. The highest BCUT2D eigenvalue weighted by atomic mass is 35.5. The molecule has 0 radical (unpaired) electrons. The molecule has 0 spiro atoms. The van der Waals surface area contributed by atoms with E-state index in [1.807, 2.05) is 5.32 Å². The highest BCUT2D eigenvalue weighted by molar-refractivity contribution is 6.33. The first kappa shape index (κ1) is 9.60. The molecule has 0 aliphatic heterocycles. The molecule has 1 aromatic carbocycles. The van der Waals surface area contributed by atoms with Crippen LogP contribution in [-0.4, -0.2) is 11.2 Å². The quantitative estimate of drug-likeness (QED) is 0.614. The number of carboxylic acid groups (broad SMARTS) is 1. The monoisotopic (exact) mass is 204 g/mol. The molecule has 0 heterocycles. The topological polar surface area (TPSA) is 75.3 Å². The molecule has 0 aromatic heterocycles. The van der Waals surface area contributed by atoms with Crippen molar-refractivity contribution < 1.29 is 14.3 Å². The lowest BCUT2D eigenvalue weighted by molar-refractivity contribution is 0.209. The third-order valence-corrected chi connectivity index (χ3v) is 1.66. The normalized spacial score (nSPS) is 9.69. The highest BCUT2D eigenvalue weighted by Crippen LogP contribution is 2.25. The molecular weight excluding hydrogens is 199 g/mol. The van der Waals surface area contributed by atoms with Crippen LogP contribution in [0.5, 0.6) is 0 Å². The van der Waals surface area contributed by atoms with Crippen molar-refractivity contribution in [1.29, 1.82) is 0 Å². The van der Waals surface area contributed by atoms with Crippen LogP contribution < -0.4 is 11.1 Å². The van der Waals surface area contributed by atoms with E-state index in [9.17, 15) is 9.18 Å². The van der Waals surface area contributed by atoms with Crippen LogP contribution in [0, 0.1) is 5.82 Å². The molecule has 0 saturated carbocycles. The number of anilines is 2. The second-order valence-corrected chi connectivity index (χ2v) is 2.69. The van der Waals surface area contributed by atoms with Crippen LogP contribution in [0.2, 0.25) is 5.02 Å². The summed E-state index contributed by atoms with van der Waals surface area (Å²) in [5, 5.41) is 10.2. The largest absolute Gasteiger partial charge is 0.465 e. The minimum atomic E-state index is -1.36. The predicted molar refractivity (Wildman–Crippen MR) is 47.5 cm³/mol. The molecule has 0 bridgehead atoms. The Kier molecular flexibility index (Phi) is 2.57. The summed E-state index contributed by atoms with van der Waals surface area (Å²) in [5.74, 6) is -0.762. The van der Waals surface area contributed by atoms with Gasteiger partial charge in [0.1, 0.15) is 5.82 Å². The molecule has 0 aliphatic rings. The first-order valence-electron chi connectivity index (χ1n) is 3.25. The van der Waals surface area contributed by atoms with E-state index in [-0.39, 0.29) is 16.4 Å². The zero-order valence-corrected chi connectivity index (χ0v) is 7.10. The van der Waals surface area contributed by atoms with Gasteiger partial charge in [0, 0.05) is 0 Å². The molecule has 70 valence electrons.